The third-order valence-electron chi connectivity index (χ3n) is 7.16. The molecule has 0 aromatic heterocycles. The van der Waals surface area contributed by atoms with Crippen LogP contribution >= 0.6 is 11.6 Å². The van der Waals surface area contributed by atoms with Crippen molar-refractivity contribution in [2.75, 3.05) is 26.2 Å². The van der Waals surface area contributed by atoms with Crippen LogP contribution in [0.15, 0.2) is 47.7 Å². The molecule has 4 nitrogen and oxygen atoms in total. The van der Waals surface area contributed by atoms with Crippen LogP contribution in [0.2, 0.25) is 0 Å². The molecule has 0 bridgehead atoms. The lowest BCUT2D eigenvalue weighted by Crippen LogP contribution is -2.30. The Morgan fingerprint density at radius 2 is 1.53 bits per heavy atom. The molecule has 5 heteroatoms. The molecule has 0 saturated heterocycles. The maximum Gasteiger partial charge on any atom is 0.251 e. The molecule has 1 aliphatic carbocycles. The SMILES string of the molecule is CCCCCCCCCCCCCCCCOC1(Cl)C=CC(CNC(=O)C2=CCN(CC)C=C2)=CC1. The number of nitrogens with one attached hydrogen (secondary N) is 1. The highest BCUT2D eigenvalue weighted by atomic mass is 35.5. The molecule has 1 aliphatic heterocycles. The number of hydrogen-bond donors (Lipinski definition) is 1. The van der Waals surface area contributed by atoms with E-state index in [4.69, 9.17) is 16.3 Å². The molecule has 1 unspecified atom stereocenters. The number of amides is 1. The van der Waals surface area contributed by atoms with E-state index in [1.54, 1.807) is 0 Å². The third kappa shape index (κ3) is 13.1. The van der Waals surface area contributed by atoms with Gasteiger partial charge >= 0.3 is 0 Å². The summed E-state index contributed by atoms with van der Waals surface area (Å²) in [5, 5.41) is 2.25. The Labute approximate surface area is 226 Å². The molecule has 1 N–H and O–H groups in total. The minimum Gasteiger partial charge on any atom is -0.374 e. The highest BCUT2D eigenvalue weighted by Gasteiger charge is 2.26. The summed E-state index contributed by atoms with van der Waals surface area (Å²) in [4.78, 5) is 14.5. The quantitative estimate of drug-likeness (QED) is 0.130. The highest BCUT2D eigenvalue weighted by molar-refractivity contribution is 6.24. The number of likely N-dealkylation sites (N-methyl/N-ethyl adjacent to an activating group) is 1. The van der Waals surface area contributed by atoms with Crippen molar-refractivity contribution in [3.8, 4) is 0 Å². The average molecular weight is 519 g/mol. The molecule has 1 amide bonds. The van der Waals surface area contributed by atoms with E-state index >= 15 is 0 Å². The number of halogens is 1. The first kappa shape index (κ1) is 30.7. The van der Waals surface area contributed by atoms with E-state index in [0.29, 0.717) is 19.6 Å². The third-order valence-corrected chi connectivity index (χ3v) is 7.55. The maximum absolute atomic E-state index is 12.4. The average Bonchev–Trinajstić information content (AvgIpc) is 2.90. The molecular formula is C31H51ClN2O2. The second-order valence-corrected chi connectivity index (χ2v) is 10.9. The first-order valence-electron chi connectivity index (χ1n) is 14.7. The molecule has 0 radical (unpaired) electrons. The lowest BCUT2D eigenvalue weighted by Gasteiger charge is -2.26. The monoisotopic (exact) mass is 518 g/mol. The summed E-state index contributed by atoms with van der Waals surface area (Å²) in [7, 11) is 0. The van der Waals surface area contributed by atoms with E-state index < -0.39 is 5.06 Å². The van der Waals surface area contributed by atoms with Crippen LogP contribution in [0.25, 0.3) is 0 Å². The number of unbranched alkanes of at least 4 members (excludes halogenated alkanes) is 13. The van der Waals surface area contributed by atoms with Crippen molar-refractivity contribution in [3.63, 3.8) is 0 Å². The summed E-state index contributed by atoms with van der Waals surface area (Å²) >= 11 is 6.65. The molecule has 2 rings (SSSR count). The van der Waals surface area contributed by atoms with Gasteiger partial charge in [0.15, 0.2) is 5.06 Å². The molecule has 0 fully saturated rings. The zero-order valence-corrected chi connectivity index (χ0v) is 23.8. The standard InChI is InChI=1S/C31H51ClN2O2/c1-3-5-6-7-8-9-10-11-12-13-14-15-16-17-26-36-31(32)22-18-28(19-23-31)27-33-30(35)29-20-24-34(4-2)25-21-29/h18-22,24H,3-17,23,25-27H2,1-2H3,(H,33,35). The van der Waals surface area contributed by atoms with Crippen molar-refractivity contribution in [1.82, 2.24) is 10.2 Å². The van der Waals surface area contributed by atoms with Crippen molar-refractivity contribution in [3.05, 3.63) is 47.7 Å². The lowest BCUT2D eigenvalue weighted by molar-refractivity contribution is -0.117. The number of carbonyl (C=O) groups excluding carboxylic acids is 1. The predicted octanol–water partition coefficient (Wildman–Crippen LogP) is 8.20. The zero-order valence-electron chi connectivity index (χ0n) is 23.0. The summed E-state index contributed by atoms with van der Waals surface area (Å²) in [6.07, 6.45) is 31.4. The van der Waals surface area contributed by atoms with Gasteiger partial charge in [-0.05, 0) is 31.1 Å². The van der Waals surface area contributed by atoms with Crippen LogP contribution in [0.1, 0.15) is 110 Å². The molecule has 0 aromatic rings. The van der Waals surface area contributed by atoms with Gasteiger partial charge in [-0.25, -0.2) is 0 Å². The van der Waals surface area contributed by atoms with Gasteiger partial charge < -0.3 is 15.0 Å². The fourth-order valence-corrected chi connectivity index (χ4v) is 4.85. The van der Waals surface area contributed by atoms with Crippen LogP contribution in [0.3, 0.4) is 0 Å². The van der Waals surface area contributed by atoms with Gasteiger partial charge in [-0.3, -0.25) is 4.79 Å². The Bertz CT molecular complexity index is 743. The Kier molecular flexibility index (Phi) is 15.9. The minimum absolute atomic E-state index is 0.0342. The van der Waals surface area contributed by atoms with E-state index in [0.717, 1.165) is 30.7 Å². The van der Waals surface area contributed by atoms with Gasteiger partial charge in [-0.1, -0.05) is 120 Å². The normalized spacial score (nSPS) is 19.4. The van der Waals surface area contributed by atoms with E-state index in [1.807, 2.05) is 30.5 Å². The molecule has 1 atom stereocenters. The molecular weight excluding hydrogens is 468 g/mol. The summed E-state index contributed by atoms with van der Waals surface area (Å²) < 4.78 is 5.99. The molecule has 0 spiro atoms. The molecule has 2 aliphatic rings. The number of carbonyl (C=O) groups is 1. The van der Waals surface area contributed by atoms with Gasteiger partial charge in [0.2, 0.25) is 0 Å². The van der Waals surface area contributed by atoms with Crippen molar-refractivity contribution in [1.29, 1.82) is 0 Å². The van der Waals surface area contributed by atoms with Crippen molar-refractivity contribution in [2.24, 2.45) is 0 Å². The molecule has 36 heavy (non-hydrogen) atoms. The second kappa shape index (κ2) is 18.7. The smallest absolute Gasteiger partial charge is 0.251 e. The Morgan fingerprint density at radius 1 is 0.917 bits per heavy atom. The Balaban J connectivity index is 1.44. The summed E-state index contributed by atoms with van der Waals surface area (Å²) in [5.74, 6) is -0.0342. The Morgan fingerprint density at radius 3 is 2.03 bits per heavy atom. The molecule has 0 aromatic carbocycles. The largest absolute Gasteiger partial charge is 0.374 e. The first-order chi connectivity index (χ1) is 17.6. The van der Waals surface area contributed by atoms with E-state index in [9.17, 15) is 4.79 Å². The zero-order chi connectivity index (χ0) is 25.9. The van der Waals surface area contributed by atoms with Crippen molar-refractivity contribution >= 4 is 17.5 Å². The fourth-order valence-electron chi connectivity index (χ4n) is 4.63. The lowest BCUT2D eigenvalue weighted by atomic mass is 10.0. The molecule has 0 saturated carbocycles. The summed E-state index contributed by atoms with van der Waals surface area (Å²) in [6.45, 7) is 7.31. The fraction of sp³-hybridized carbons (Fsp3) is 0.710. The summed E-state index contributed by atoms with van der Waals surface area (Å²) in [5.41, 5.74) is 1.79. The van der Waals surface area contributed by atoms with Crippen LogP contribution in [-0.4, -0.2) is 42.1 Å². The van der Waals surface area contributed by atoms with Gasteiger partial charge in [-0.15, -0.1) is 0 Å². The number of nitrogens with zero attached hydrogens (tertiary/aromatic N) is 1. The van der Waals surface area contributed by atoms with Gasteiger partial charge in [0.1, 0.15) is 0 Å². The second-order valence-electron chi connectivity index (χ2n) is 10.3. The number of alkyl halides is 1. The van der Waals surface area contributed by atoms with Gasteiger partial charge in [0.05, 0.1) is 0 Å². The minimum atomic E-state index is -0.748. The van der Waals surface area contributed by atoms with Crippen LogP contribution in [0.5, 0.6) is 0 Å². The molecule has 1 heterocycles. The van der Waals surface area contributed by atoms with E-state index in [2.05, 4.69) is 30.1 Å². The van der Waals surface area contributed by atoms with Crippen LogP contribution in [0.4, 0.5) is 0 Å². The molecule has 204 valence electrons. The van der Waals surface area contributed by atoms with Crippen LogP contribution in [-0.2, 0) is 9.53 Å². The van der Waals surface area contributed by atoms with Crippen LogP contribution in [0, 0.1) is 0 Å². The van der Waals surface area contributed by atoms with Gasteiger partial charge in [0.25, 0.3) is 5.91 Å². The van der Waals surface area contributed by atoms with Crippen LogP contribution < -0.4 is 5.32 Å². The van der Waals surface area contributed by atoms with E-state index in [1.165, 1.54) is 83.5 Å². The maximum atomic E-state index is 12.4. The Hall–Kier alpha value is -1.52. The van der Waals surface area contributed by atoms with E-state index in [-0.39, 0.29) is 5.91 Å². The number of rotatable bonds is 20. The number of hydrogen-bond acceptors (Lipinski definition) is 3. The topological polar surface area (TPSA) is 41.6 Å². The van der Waals surface area contributed by atoms with Gasteiger partial charge in [-0.2, -0.15) is 0 Å². The van der Waals surface area contributed by atoms with Crippen molar-refractivity contribution in [2.45, 2.75) is 115 Å². The predicted molar refractivity (Wildman–Crippen MR) is 154 cm³/mol. The first-order valence-corrected chi connectivity index (χ1v) is 15.1. The summed E-state index contributed by atoms with van der Waals surface area (Å²) in [6, 6.07) is 0. The highest BCUT2D eigenvalue weighted by Crippen LogP contribution is 2.29. The van der Waals surface area contributed by atoms with Gasteiger partial charge in [0, 0.05) is 44.4 Å². The van der Waals surface area contributed by atoms with Crippen molar-refractivity contribution < 1.29 is 9.53 Å². The number of ether oxygens (including phenoxy) is 1.